The topological polar surface area (TPSA) is 70.0 Å². The Morgan fingerprint density at radius 2 is 2.24 bits per heavy atom. The summed E-state index contributed by atoms with van der Waals surface area (Å²) in [5, 5.41) is 7.66. The molecule has 0 aromatic heterocycles. The number of nitriles is 1. The summed E-state index contributed by atoms with van der Waals surface area (Å²) >= 11 is 5.63. The minimum absolute atomic E-state index is 0.119. The van der Waals surface area contributed by atoms with Gasteiger partial charge in [-0.05, 0) is 24.6 Å². The van der Waals surface area contributed by atoms with Gasteiger partial charge in [-0.25, -0.2) is 12.8 Å². The molecule has 4 nitrogen and oxygen atoms in total. The number of rotatable bonds is 4. The maximum atomic E-state index is 13.3. The van der Waals surface area contributed by atoms with Crippen molar-refractivity contribution in [3.8, 4) is 6.07 Å². The van der Waals surface area contributed by atoms with Crippen molar-refractivity contribution in [2.75, 3.05) is 4.72 Å². The van der Waals surface area contributed by atoms with Crippen molar-refractivity contribution >= 4 is 27.3 Å². The van der Waals surface area contributed by atoms with Crippen LogP contribution in [-0.4, -0.2) is 13.7 Å². The van der Waals surface area contributed by atoms with Crippen molar-refractivity contribution in [3.05, 3.63) is 29.0 Å². The van der Waals surface area contributed by atoms with E-state index in [2.05, 4.69) is 0 Å². The number of nitrogens with one attached hydrogen (secondary N) is 1. The van der Waals surface area contributed by atoms with Crippen LogP contribution in [0.15, 0.2) is 18.2 Å². The van der Waals surface area contributed by atoms with E-state index in [0.717, 1.165) is 12.1 Å². The Balaban J connectivity index is 3.06. The van der Waals surface area contributed by atoms with Crippen molar-refractivity contribution in [1.29, 1.82) is 5.26 Å². The first-order chi connectivity index (χ1) is 7.90. The Morgan fingerprint density at radius 1 is 1.59 bits per heavy atom. The molecule has 1 unspecified atom stereocenters. The zero-order valence-corrected chi connectivity index (χ0v) is 10.5. The first-order valence-corrected chi connectivity index (χ1v) is 6.69. The lowest BCUT2D eigenvalue weighted by Gasteiger charge is -2.11. The molecule has 0 saturated carbocycles. The molecule has 1 rings (SSSR count). The Kier molecular flexibility index (Phi) is 4.32. The fraction of sp³-hybridized carbons (Fsp3) is 0.300. The van der Waals surface area contributed by atoms with E-state index >= 15 is 0 Å². The SMILES string of the molecule is CCC(C#N)S(=O)(=O)Nc1cc(Cl)ccc1F. The summed E-state index contributed by atoms with van der Waals surface area (Å²) in [4.78, 5) is 0. The Labute approximate surface area is 104 Å². The first-order valence-electron chi connectivity index (χ1n) is 4.77. The first kappa shape index (κ1) is 13.7. The van der Waals surface area contributed by atoms with Crippen LogP contribution in [0, 0.1) is 17.1 Å². The molecular formula is C10H10ClFN2O2S. The lowest BCUT2D eigenvalue weighted by Crippen LogP contribution is -2.26. The third kappa shape index (κ3) is 3.32. The van der Waals surface area contributed by atoms with E-state index in [1.807, 2.05) is 4.72 Å². The molecule has 0 radical (unpaired) electrons. The number of anilines is 1. The minimum Gasteiger partial charge on any atom is -0.279 e. The van der Waals surface area contributed by atoms with Gasteiger partial charge >= 0.3 is 0 Å². The number of hydrogen-bond donors (Lipinski definition) is 1. The molecule has 92 valence electrons. The third-order valence-corrected chi connectivity index (χ3v) is 4.00. The zero-order valence-electron chi connectivity index (χ0n) is 8.94. The van der Waals surface area contributed by atoms with Crippen LogP contribution in [0.25, 0.3) is 0 Å². The molecule has 0 aliphatic heterocycles. The quantitative estimate of drug-likeness (QED) is 0.919. The fourth-order valence-electron chi connectivity index (χ4n) is 1.18. The lowest BCUT2D eigenvalue weighted by atomic mass is 10.3. The van der Waals surface area contributed by atoms with E-state index in [0.29, 0.717) is 0 Å². The monoisotopic (exact) mass is 276 g/mol. The molecule has 1 atom stereocenters. The second-order valence-electron chi connectivity index (χ2n) is 3.30. The molecule has 0 aliphatic rings. The Morgan fingerprint density at radius 3 is 2.76 bits per heavy atom. The van der Waals surface area contributed by atoms with Crippen LogP contribution in [0.2, 0.25) is 5.02 Å². The van der Waals surface area contributed by atoms with Gasteiger partial charge in [0.2, 0.25) is 10.0 Å². The zero-order chi connectivity index (χ0) is 13.1. The largest absolute Gasteiger partial charge is 0.279 e. The van der Waals surface area contributed by atoms with Gasteiger partial charge in [-0.3, -0.25) is 4.72 Å². The fourth-order valence-corrected chi connectivity index (χ4v) is 2.54. The van der Waals surface area contributed by atoms with Gasteiger partial charge in [-0.2, -0.15) is 5.26 Å². The summed E-state index contributed by atoms with van der Waals surface area (Å²) in [7, 11) is -3.92. The van der Waals surface area contributed by atoms with Crippen LogP contribution in [0.5, 0.6) is 0 Å². The van der Waals surface area contributed by atoms with Crippen LogP contribution in [0.3, 0.4) is 0 Å². The molecule has 1 aromatic carbocycles. The summed E-state index contributed by atoms with van der Waals surface area (Å²) in [6, 6.07) is 5.14. The molecule has 17 heavy (non-hydrogen) atoms. The minimum atomic E-state index is -3.92. The van der Waals surface area contributed by atoms with Crippen molar-refractivity contribution < 1.29 is 12.8 Å². The van der Waals surface area contributed by atoms with E-state index in [-0.39, 0.29) is 17.1 Å². The number of benzene rings is 1. The van der Waals surface area contributed by atoms with Gasteiger partial charge in [0.25, 0.3) is 0 Å². The third-order valence-electron chi connectivity index (χ3n) is 2.07. The van der Waals surface area contributed by atoms with Crippen LogP contribution < -0.4 is 4.72 Å². The van der Waals surface area contributed by atoms with Gasteiger partial charge < -0.3 is 0 Å². The van der Waals surface area contributed by atoms with E-state index in [4.69, 9.17) is 16.9 Å². The summed E-state index contributed by atoms with van der Waals surface area (Å²) in [5.74, 6) is -0.745. The highest BCUT2D eigenvalue weighted by atomic mass is 35.5. The standard InChI is InChI=1S/C10H10ClFN2O2S/c1-2-8(6-13)17(15,16)14-10-5-7(11)3-4-9(10)12/h3-5,8,14H,2H2,1H3. The van der Waals surface area contributed by atoms with Gasteiger partial charge in [-0.1, -0.05) is 18.5 Å². The predicted molar refractivity (Wildman–Crippen MR) is 63.6 cm³/mol. The van der Waals surface area contributed by atoms with E-state index in [1.54, 1.807) is 13.0 Å². The Hall–Kier alpha value is -1.32. The number of hydrogen-bond acceptors (Lipinski definition) is 3. The summed E-state index contributed by atoms with van der Waals surface area (Å²) < 4.78 is 38.7. The van der Waals surface area contributed by atoms with Crippen LogP contribution in [0.4, 0.5) is 10.1 Å². The molecule has 1 N–H and O–H groups in total. The molecule has 0 bridgehead atoms. The maximum Gasteiger partial charge on any atom is 0.249 e. The van der Waals surface area contributed by atoms with Crippen molar-refractivity contribution in [3.63, 3.8) is 0 Å². The maximum absolute atomic E-state index is 13.3. The van der Waals surface area contributed by atoms with Gasteiger partial charge in [0.15, 0.2) is 5.25 Å². The second-order valence-corrected chi connectivity index (χ2v) is 5.60. The molecular weight excluding hydrogens is 267 g/mol. The van der Waals surface area contributed by atoms with E-state index in [1.165, 1.54) is 6.07 Å². The van der Waals surface area contributed by atoms with Crippen molar-refractivity contribution in [2.24, 2.45) is 0 Å². The van der Waals surface area contributed by atoms with Crippen LogP contribution in [0.1, 0.15) is 13.3 Å². The van der Waals surface area contributed by atoms with Crippen molar-refractivity contribution in [2.45, 2.75) is 18.6 Å². The lowest BCUT2D eigenvalue weighted by molar-refractivity contribution is 0.590. The van der Waals surface area contributed by atoms with E-state index in [9.17, 15) is 12.8 Å². The molecule has 0 heterocycles. The molecule has 0 amide bonds. The molecule has 0 aliphatic carbocycles. The smallest absolute Gasteiger partial charge is 0.249 e. The number of halogens is 2. The highest BCUT2D eigenvalue weighted by Gasteiger charge is 2.24. The highest BCUT2D eigenvalue weighted by Crippen LogP contribution is 2.21. The molecule has 1 aromatic rings. The predicted octanol–water partition coefficient (Wildman–Crippen LogP) is 2.52. The Bertz CT molecular complexity index is 554. The summed E-state index contributed by atoms with van der Waals surface area (Å²) in [6.45, 7) is 1.56. The average Bonchev–Trinajstić information content (AvgIpc) is 2.24. The highest BCUT2D eigenvalue weighted by molar-refractivity contribution is 7.93. The molecule has 7 heteroatoms. The van der Waals surface area contributed by atoms with Crippen molar-refractivity contribution in [1.82, 2.24) is 0 Å². The summed E-state index contributed by atoms with van der Waals surface area (Å²) in [6.07, 6.45) is 0.119. The molecule has 0 spiro atoms. The van der Waals surface area contributed by atoms with Gasteiger partial charge in [0.05, 0.1) is 11.8 Å². The summed E-state index contributed by atoms with van der Waals surface area (Å²) in [5.41, 5.74) is -0.258. The van der Waals surface area contributed by atoms with Gasteiger partial charge in [-0.15, -0.1) is 0 Å². The normalized spacial score (nSPS) is 12.8. The average molecular weight is 277 g/mol. The molecule has 0 fully saturated rings. The second kappa shape index (κ2) is 5.34. The van der Waals surface area contributed by atoms with Gasteiger partial charge in [0, 0.05) is 5.02 Å². The number of nitrogens with zero attached hydrogens (tertiary/aromatic N) is 1. The van der Waals surface area contributed by atoms with Gasteiger partial charge in [0.1, 0.15) is 5.82 Å². The molecule has 0 saturated heterocycles. The van der Waals surface area contributed by atoms with Crippen LogP contribution >= 0.6 is 11.6 Å². The number of sulfonamides is 1. The van der Waals surface area contributed by atoms with Crippen LogP contribution in [-0.2, 0) is 10.0 Å². The van der Waals surface area contributed by atoms with E-state index < -0.39 is 21.1 Å².